The Balaban J connectivity index is 1.24. The zero-order valence-corrected chi connectivity index (χ0v) is 29.0. The van der Waals surface area contributed by atoms with Gasteiger partial charge in [-0.25, -0.2) is 0 Å². The first kappa shape index (κ1) is 29.1. The summed E-state index contributed by atoms with van der Waals surface area (Å²) in [6.07, 6.45) is 0. The molecule has 244 valence electrons. The van der Waals surface area contributed by atoms with Crippen LogP contribution in [0.15, 0.2) is 188 Å². The van der Waals surface area contributed by atoms with Gasteiger partial charge in [0.05, 0.1) is 27.8 Å². The van der Waals surface area contributed by atoms with Gasteiger partial charge in [0.2, 0.25) is 0 Å². The highest BCUT2D eigenvalue weighted by atomic mass is 32.1. The lowest BCUT2D eigenvalue weighted by atomic mass is 10.1. The minimum Gasteiger partial charge on any atom is -0.310 e. The van der Waals surface area contributed by atoms with Crippen molar-refractivity contribution in [1.82, 2.24) is 9.13 Å². The van der Waals surface area contributed by atoms with Crippen molar-refractivity contribution in [2.24, 2.45) is 0 Å². The molecule has 0 aliphatic heterocycles. The maximum absolute atomic E-state index is 2.47. The molecule has 3 heterocycles. The first-order valence-corrected chi connectivity index (χ1v) is 18.5. The van der Waals surface area contributed by atoms with E-state index < -0.39 is 0 Å². The van der Waals surface area contributed by atoms with E-state index in [0.29, 0.717) is 0 Å². The van der Waals surface area contributed by atoms with Gasteiger partial charge in [-0.1, -0.05) is 109 Å². The fraction of sp³-hybridized carbons (Fsp3) is 0. The van der Waals surface area contributed by atoms with Gasteiger partial charge in [0.15, 0.2) is 0 Å². The minimum atomic E-state index is 1.11. The standard InChI is InChI=1S/C48H31N3S/c1-3-14-32(15-4-1)50-42-22-11-8-20-40(42)48-43(23-13-24-44(48)50)49(35-27-29-39-38-19-9-12-25-46(38)52-47(39)31-35)34-26-28-37-36-18-7-10-21-41(36)51(45(37)30-34)33-16-5-2-6-17-33/h1-31H. The molecule has 3 nitrogen and oxygen atoms in total. The Kier molecular flexibility index (Phi) is 6.42. The van der Waals surface area contributed by atoms with Gasteiger partial charge < -0.3 is 14.0 Å². The van der Waals surface area contributed by atoms with Gasteiger partial charge in [-0.15, -0.1) is 11.3 Å². The van der Waals surface area contributed by atoms with Crippen LogP contribution in [0, 0.1) is 0 Å². The second-order valence-corrected chi connectivity index (χ2v) is 14.4. The number of thiophene rings is 1. The Bertz CT molecular complexity index is 3130. The van der Waals surface area contributed by atoms with Crippen molar-refractivity contribution in [2.75, 3.05) is 4.90 Å². The SMILES string of the molecule is c1ccc(-n2c3ccccc3c3ccc(N(c4ccc5c(c4)sc4ccccc45)c4cccc5c4c4ccccc4n5-c4ccccc4)cc32)cc1. The number of benzene rings is 8. The van der Waals surface area contributed by atoms with Gasteiger partial charge >= 0.3 is 0 Å². The number of hydrogen-bond donors (Lipinski definition) is 0. The monoisotopic (exact) mass is 681 g/mol. The van der Waals surface area contributed by atoms with E-state index in [1.807, 2.05) is 11.3 Å². The largest absolute Gasteiger partial charge is 0.310 e. The summed E-state index contributed by atoms with van der Waals surface area (Å²) in [5, 5.41) is 7.54. The number of para-hydroxylation sites is 4. The zero-order valence-electron chi connectivity index (χ0n) is 28.1. The summed E-state index contributed by atoms with van der Waals surface area (Å²) in [4.78, 5) is 2.47. The number of anilines is 3. The zero-order chi connectivity index (χ0) is 34.2. The Morgan fingerprint density at radius 3 is 1.62 bits per heavy atom. The highest BCUT2D eigenvalue weighted by Gasteiger charge is 2.23. The molecule has 4 heteroatoms. The molecule has 0 atom stereocenters. The van der Waals surface area contributed by atoms with Gasteiger partial charge in [-0.2, -0.15) is 0 Å². The van der Waals surface area contributed by atoms with Crippen LogP contribution in [0.25, 0.3) is 75.2 Å². The maximum Gasteiger partial charge on any atom is 0.0562 e. The molecule has 8 aromatic carbocycles. The third kappa shape index (κ3) is 4.31. The van der Waals surface area contributed by atoms with Crippen molar-refractivity contribution < 1.29 is 0 Å². The van der Waals surface area contributed by atoms with Crippen LogP contribution in [0.2, 0.25) is 0 Å². The summed E-state index contributed by atoms with van der Waals surface area (Å²) in [7, 11) is 0. The summed E-state index contributed by atoms with van der Waals surface area (Å²) < 4.78 is 7.39. The average molecular weight is 682 g/mol. The van der Waals surface area contributed by atoms with Gasteiger partial charge in [0, 0.05) is 64.5 Å². The lowest BCUT2D eigenvalue weighted by molar-refractivity contribution is 1.18. The van der Waals surface area contributed by atoms with Crippen LogP contribution in [0.1, 0.15) is 0 Å². The molecule has 0 saturated carbocycles. The van der Waals surface area contributed by atoms with E-state index in [2.05, 4.69) is 202 Å². The highest BCUT2D eigenvalue weighted by molar-refractivity contribution is 7.25. The number of fused-ring (bicyclic) bond motifs is 9. The third-order valence-electron chi connectivity index (χ3n) is 10.5. The number of aromatic nitrogens is 2. The van der Waals surface area contributed by atoms with Crippen molar-refractivity contribution in [3.8, 4) is 11.4 Å². The van der Waals surface area contributed by atoms with Crippen LogP contribution in [-0.4, -0.2) is 9.13 Å². The van der Waals surface area contributed by atoms with E-state index in [-0.39, 0.29) is 0 Å². The van der Waals surface area contributed by atoms with Crippen LogP contribution < -0.4 is 4.90 Å². The van der Waals surface area contributed by atoms with E-state index in [1.54, 1.807) is 0 Å². The summed E-state index contributed by atoms with van der Waals surface area (Å²) in [5.74, 6) is 0. The summed E-state index contributed by atoms with van der Waals surface area (Å²) >= 11 is 1.86. The van der Waals surface area contributed by atoms with E-state index in [4.69, 9.17) is 0 Å². The van der Waals surface area contributed by atoms with Crippen molar-refractivity contribution in [1.29, 1.82) is 0 Å². The summed E-state index contributed by atoms with van der Waals surface area (Å²) in [6, 6.07) is 68.5. The minimum absolute atomic E-state index is 1.11. The fourth-order valence-electron chi connectivity index (χ4n) is 8.28. The molecule has 0 aliphatic rings. The van der Waals surface area contributed by atoms with E-state index in [1.165, 1.54) is 63.8 Å². The van der Waals surface area contributed by atoms with Crippen molar-refractivity contribution >= 4 is 92.2 Å². The van der Waals surface area contributed by atoms with Crippen LogP contribution in [0.3, 0.4) is 0 Å². The number of nitrogens with zero attached hydrogens (tertiary/aromatic N) is 3. The lowest BCUT2D eigenvalue weighted by Gasteiger charge is -2.27. The molecule has 11 aromatic rings. The smallest absolute Gasteiger partial charge is 0.0562 e. The Hall–Kier alpha value is -6.62. The molecule has 0 saturated heterocycles. The Morgan fingerprint density at radius 1 is 0.346 bits per heavy atom. The first-order chi connectivity index (χ1) is 25.8. The van der Waals surface area contributed by atoms with Gasteiger partial charge in [-0.05, 0) is 78.9 Å². The van der Waals surface area contributed by atoms with Crippen LogP contribution in [0.5, 0.6) is 0 Å². The van der Waals surface area contributed by atoms with E-state index >= 15 is 0 Å². The maximum atomic E-state index is 2.47. The molecule has 0 N–H and O–H groups in total. The van der Waals surface area contributed by atoms with Crippen LogP contribution in [-0.2, 0) is 0 Å². The Labute approximate surface area is 304 Å². The van der Waals surface area contributed by atoms with Crippen molar-refractivity contribution in [2.45, 2.75) is 0 Å². The predicted octanol–water partition coefficient (Wildman–Crippen LogP) is 13.7. The van der Waals surface area contributed by atoms with Crippen molar-refractivity contribution in [3.63, 3.8) is 0 Å². The molecule has 0 radical (unpaired) electrons. The average Bonchev–Trinajstić information content (AvgIpc) is 3.86. The van der Waals surface area contributed by atoms with E-state index in [0.717, 1.165) is 28.4 Å². The first-order valence-electron chi connectivity index (χ1n) is 17.7. The molecule has 0 aliphatic carbocycles. The fourth-order valence-corrected chi connectivity index (χ4v) is 9.42. The predicted molar refractivity (Wildman–Crippen MR) is 223 cm³/mol. The molecule has 0 fully saturated rings. The molecule has 0 unspecified atom stereocenters. The molecule has 0 amide bonds. The van der Waals surface area contributed by atoms with Crippen molar-refractivity contribution in [3.05, 3.63) is 188 Å². The quantitative estimate of drug-likeness (QED) is 0.176. The second kappa shape index (κ2) is 11.5. The molecule has 3 aromatic heterocycles. The summed E-state index contributed by atoms with van der Waals surface area (Å²) in [5.41, 5.74) is 10.4. The molecule has 0 spiro atoms. The summed E-state index contributed by atoms with van der Waals surface area (Å²) in [6.45, 7) is 0. The molecule has 0 bridgehead atoms. The molecular formula is C48H31N3S. The molecule has 52 heavy (non-hydrogen) atoms. The van der Waals surface area contributed by atoms with Gasteiger partial charge in [0.1, 0.15) is 0 Å². The van der Waals surface area contributed by atoms with E-state index in [9.17, 15) is 0 Å². The van der Waals surface area contributed by atoms with Gasteiger partial charge in [0.25, 0.3) is 0 Å². The lowest BCUT2D eigenvalue weighted by Crippen LogP contribution is -2.10. The topological polar surface area (TPSA) is 13.1 Å². The number of rotatable bonds is 5. The normalized spacial score (nSPS) is 11.8. The molecular weight excluding hydrogens is 651 g/mol. The molecule has 11 rings (SSSR count). The highest BCUT2D eigenvalue weighted by Crippen LogP contribution is 2.46. The van der Waals surface area contributed by atoms with Crippen LogP contribution >= 0.6 is 11.3 Å². The number of hydrogen-bond acceptors (Lipinski definition) is 2. The Morgan fingerprint density at radius 2 is 0.865 bits per heavy atom. The van der Waals surface area contributed by atoms with Gasteiger partial charge in [-0.3, -0.25) is 0 Å². The third-order valence-corrected chi connectivity index (χ3v) is 11.6. The van der Waals surface area contributed by atoms with Crippen LogP contribution in [0.4, 0.5) is 17.1 Å². The second-order valence-electron chi connectivity index (χ2n) is 13.4.